The van der Waals surface area contributed by atoms with E-state index in [1.54, 1.807) is 0 Å². The number of aromatic amines is 1. The first-order chi connectivity index (χ1) is 5.66. The SMILES string of the molecule is Cc1cc(Br)cc2c[n+](C)[nH]c12. The van der Waals surface area contributed by atoms with E-state index in [-0.39, 0.29) is 0 Å². The minimum absolute atomic E-state index is 1.13. The minimum Gasteiger partial charge on any atom is -0.165 e. The van der Waals surface area contributed by atoms with Crippen LogP contribution in [0.2, 0.25) is 0 Å². The molecule has 3 heteroatoms. The number of H-pyrrole nitrogens is 1. The number of aromatic nitrogens is 2. The molecule has 0 aliphatic heterocycles. The van der Waals surface area contributed by atoms with Crippen LogP contribution in [-0.4, -0.2) is 5.10 Å². The zero-order valence-electron chi connectivity index (χ0n) is 7.06. The zero-order valence-corrected chi connectivity index (χ0v) is 8.64. The molecule has 1 N–H and O–H groups in total. The molecule has 0 saturated carbocycles. The van der Waals surface area contributed by atoms with Crippen molar-refractivity contribution in [2.24, 2.45) is 7.05 Å². The van der Waals surface area contributed by atoms with Gasteiger partial charge in [0.1, 0.15) is 5.52 Å². The van der Waals surface area contributed by atoms with E-state index in [4.69, 9.17) is 0 Å². The van der Waals surface area contributed by atoms with Crippen LogP contribution in [0.3, 0.4) is 0 Å². The summed E-state index contributed by atoms with van der Waals surface area (Å²) in [7, 11) is 1.99. The van der Waals surface area contributed by atoms with E-state index < -0.39 is 0 Å². The van der Waals surface area contributed by atoms with Gasteiger partial charge in [0.2, 0.25) is 6.20 Å². The van der Waals surface area contributed by atoms with Crippen molar-refractivity contribution in [2.45, 2.75) is 6.92 Å². The quantitative estimate of drug-likeness (QED) is 0.663. The lowest BCUT2D eigenvalue weighted by molar-refractivity contribution is -0.724. The molecule has 1 heterocycles. The Kier molecular flexibility index (Phi) is 1.68. The summed E-state index contributed by atoms with van der Waals surface area (Å²) in [6.07, 6.45) is 2.08. The molecule has 0 saturated heterocycles. The molecule has 0 aliphatic carbocycles. The maximum Gasteiger partial charge on any atom is 0.203 e. The summed E-state index contributed by atoms with van der Waals surface area (Å²) in [6.45, 7) is 2.10. The molecule has 0 unspecified atom stereocenters. The Morgan fingerprint density at radius 2 is 2.17 bits per heavy atom. The van der Waals surface area contributed by atoms with Crippen LogP contribution in [-0.2, 0) is 7.05 Å². The van der Waals surface area contributed by atoms with Gasteiger partial charge in [0, 0.05) is 4.47 Å². The number of hydrogen-bond acceptors (Lipinski definition) is 0. The fourth-order valence-corrected chi connectivity index (χ4v) is 2.03. The molecule has 1 aromatic heterocycles. The first-order valence-electron chi connectivity index (χ1n) is 3.81. The van der Waals surface area contributed by atoms with Gasteiger partial charge >= 0.3 is 0 Å². The lowest BCUT2D eigenvalue weighted by Crippen LogP contribution is -2.28. The Balaban J connectivity index is 2.88. The predicted octanol–water partition coefficient (Wildman–Crippen LogP) is 2.06. The van der Waals surface area contributed by atoms with Crippen LogP contribution in [0.4, 0.5) is 0 Å². The van der Waals surface area contributed by atoms with Gasteiger partial charge in [-0.3, -0.25) is 0 Å². The van der Waals surface area contributed by atoms with Gasteiger partial charge in [-0.05, 0) is 24.6 Å². The van der Waals surface area contributed by atoms with Gasteiger partial charge in [0.05, 0.1) is 5.39 Å². The van der Waals surface area contributed by atoms with Gasteiger partial charge in [-0.1, -0.05) is 15.9 Å². The molecule has 0 amide bonds. The molecule has 1 aromatic carbocycles. The molecule has 2 rings (SSSR count). The Morgan fingerprint density at radius 1 is 1.42 bits per heavy atom. The van der Waals surface area contributed by atoms with Crippen LogP contribution < -0.4 is 4.68 Å². The maximum absolute atomic E-state index is 3.47. The Labute approximate surface area is 79.3 Å². The van der Waals surface area contributed by atoms with Crippen molar-refractivity contribution in [2.75, 3.05) is 0 Å². The molecule has 0 radical (unpaired) electrons. The van der Waals surface area contributed by atoms with Crippen LogP contribution in [0, 0.1) is 6.92 Å². The Hall–Kier alpha value is -0.830. The molecule has 0 atom stereocenters. The third-order valence-corrected chi connectivity index (χ3v) is 2.41. The largest absolute Gasteiger partial charge is 0.203 e. The number of fused-ring (bicyclic) bond motifs is 1. The van der Waals surface area contributed by atoms with Gasteiger partial charge < -0.3 is 0 Å². The zero-order chi connectivity index (χ0) is 8.72. The van der Waals surface area contributed by atoms with E-state index in [0.717, 1.165) is 4.47 Å². The van der Waals surface area contributed by atoms with E-state index in [9.17, 15) is 0 Å². The molecule has 2 aromatic rings. The second-order valence-electron chi connectivity index (χ2n) is 3.04. The smallest absolute Gasteiger partial charge is 0.165 e. The van der Waals surface area contributed by atoms with Crippen molar-refractivity contribution in [3.05, 3.63) is 28.4 Å². The Morgan fingerprint density at radius 3 is 2.92 bits per heavy atom. The summed E-state index contributed by atoms with van der Waals surface area (Å²) in [6, 6.07) is 4.22. The van der Waals surface area contributed by atoms with E-state index in [1.807, 2.05) is 11.7 Å². The van der Waals surface area contributed by atoms with Crippen LogP contribution in [0.25, 0.3) is 10.9 Å². The van der Waals surface area contributed by atoms with Gasteiger partial charge in [-0.25, -0.2) is 0 Å². The molecule has 0 aliphatic rings. The van der Waals surface area contributed by atoms with Crippen LogP contribution >= 0.6 is 15.9 Å². The first kappa shape index (κ1) is 7.80. The van der Waals surface area contributed by atoms with Crippen LogP contribution in [0.1, 0.15) is 5.56 Å². The summed E-state index contributed by atoms with van der Waals surface area (Å²) in [5, 5.41) is 4.49. The fraction of sp³-hybridized carbons (Fsp3) is 0.222. The summed E-state index contributed by atoms with van der Waals surface area (Å²) in [5.74, 6) is 0. The van der Waals surface area contributed by atoms with Crippen molar-refractivity contribution in [3.63, 3.8) is 0 Å². The molecule has 0 bridgehead atoms. The molecular formula is C9H10BrN2+. The highest BCUT2D eigenvalue weighted by Crippen LogP contribution is 2.20. The number of benzene rings is 1. The number of nitrogens with one attached hydrogen (secondary N) is 1. The fourth-order valence-electron chi connectivity index (χ4n) is 1.44. The number of aryl methyl sites for hydroxylation is 2. The first-order valence-corrected chi connectivity index (χ1v) is 4.60. The highest BCUT2D eigenvalue weighted by atomic mass is 79.9. The molecule has 0 spiro atoms. The van der Waals surface area contributed by atoms with Crippen LogP contribution in [0.15, 0.2) is 22.8 Å². The topological polar surface area (TPSA) is 19.7 Å². The summed E-state index contributed by atoms with van der Waals surface area (Å²) in [5.41, 5.74) is 2.47. The second-order valence-corrected chi connectivity index (χ2v) is 3.95. The number of nitrogens with zero attached hydrogens (tertiary/aromatic N) is 1. The van der Waals surface area contributed by atoms with Crippen molar-refractivity contribution in [3.8, 4) is 0 Å². The third kappa shape index (κ3) is 1.14. The molecular weight excluding hydrogens is 216 g/mol. The number of halogens is 1. The van der Waals surface area contributed by atoms with E-state index >= 15 is 0 Å². The molecule has 2 nitrogen and oxygen atoms in total. The second kappa shape index (κ2) is 2.59. The van der Waals surface area contributed by atoms with Gasteiger partial charge in [0.25, 0.3) is 0 Å². The third-order valence-electron chi connectivity index (χ3n) is 1.95. The minimum atomic E-state index is 1.13. The van der Waals surface area contributed by atoms with Gasteiger partial charge in [-0.2, -0.15) is 5.10 Å². The molecule has 0 fully saturated rings. The van der Waals surface area contributed by atoms with Crippen molar-refractivity contribution < 1.29 is 4.68 Å². The number of rotatable bonds is 0. The lowest BCUT2D eigenvalue weighted by Gasteiger charge is -1.93. The normalized spacial score (nSPS) is 10.9. The van der Waals surface area contributed by atoms with Crippen molar-refractivity contribution in [1.82, 2.24) is 5.10 Å². The monoisotopic (exact) mass is 225 g/mol. The number of hydrogen-bond donors (Lipinski definition) is 1. The van der Waals surface area contributed by atoms with Crippen molar-refractivity contribution in [1.29, 1.82) is 0 Å². The lowest BCUT2D eigenvalue weighted by atomic mass is 10.2. The van der Waals surface area contributed by atoms with Crippen molar-refractivity contribution >= 4 is 26.8 Å². The van der Waals surface area contributed by atoms with Gasteiger partial charge in [-0.15, -0.1) is 4.68 Å². The maximum atomic E-state index is 3.47. The summed E-state index contributed by atoms with van der Waals surface area (Å²) < 4.78 is 3.09. The Bertz CT molecular complexity index is 431. The summed E-state index contributed by atoms with van der Waals surface area (Å²) >= 11 is 3.47. The van der Waals surface area contributed by atoms with E-state index in [0.29, 0.717) is 0 Å². The standard InChI is InChI=1S/C9H9BrN2/c1-6-3-8(10)4-7-5-12(2)11-9(6)7/h3-5H,1-2H3/p+1. The van der Waals surface area contributed by atoms with Crippen LogP contribution in [0.5, 0.6) is 0 Å². The predicted molar refractivity (Wildman–Crippen MR) is 51.9 cm³/mol. The highest BCUT2D eigenvalue weighted by molar-refractivity contribution is 9.10. The highest BCUT2D eigenvalue weighted by Gasteiger charge is 2.06. The molecule has 12 heavy (non-hydrogen) atoms. The van der Waals surface area contributed by atoms with E-state index in [2.05, 4.69) is 46.3 Å². The summed E-state index contributed by atoms with van der Waals surface area (Å²) in [4.78, 5) is 0. The van der Waals surface area contributed by atoms with Gasteiger partial charge in [0.15, 0.2) is 7.05 Å². The average molecular weight is 226 g/mol. The van der Waals surface area contributed by atoms with E-state index in [1.165, 1.54) is 16.5 Å². The molecule has 62 valence electrons. The average Bonchev–Trinajstić information content (AvgIpc) is 2.29.